The molecule has 1 saturated carbocycles. The third kappa shape index (κ3) is 6.61. The van der Waals surface area contributed by atoms with E-state index in [1.807, 2.05) is 20.8 Å². The van der Waals surface area contributed by atoms with Crippen LogP contribution in [0.3, 0.4) is 0 Å². The molecule has 0 radical (unpaired) electrons. The van der Waals surface area contributed by atoms with E-state index in [2.05, 4.69) is 15.5 Å². The number of carbonyl (C=O) groups is 2. The molecule has 4 rings (SSSR count). The summed E-state index contributed by atoms with van der Waals surface area (Å²) in [5.74, 6) is -0.539. The predicted octanol–water partition coefficient (Wildman–Crippen LogP) is 3.84. The number of aromatic nitrogens is 1. The molecule has 1 aliphatic heterocycles. The van der Waals surface area contributed by atoms with Crippen LogP contribution in [0, 0.1) is 0 Å². The van der Waals surface area contributed by atoms with E-state index in [0.717, 1.165) is 0 Å². The Labute approximate surface area is 214 Å². The molecule has 2 heterocycles. The van der Waals surface area contributed by atoms with Gasteiger partial charge in [0.15, 0.2) is 20.7 Å². The smallest absolute Gasteiger partial charge is 0.410 e. The van der Waals surface area contributed by atoms with Crippen molar-refractivity contribution in [2.24, 2.45) is 5.16 Å². The first kappa shape index (κ1) is 26.1. The number of sulfone groups is 1. The number of rotatable bonds is 7. The van der Waals surface area contributed by atoms with Crippen LogP contribution in [0.25, 0.3) is 0 Å². The summed E-state index contributed by atoms with van der Waals surface area (Å²) in [7, 11) is -3.36. The number of amides is 2. The average Bonchev–Trinajstić information content (AvgIpc) is 3.57. The third-order valence-corrected chi connectivity index (χ3v) is 8.58. The number of nitrogens with one attached hydrogen (secondary N) is 1. The quantitative estimate of drug-likeness (QED) is 0.422. The number of anilines is 1. The Morgan fingerprint density at radius 1 is 1.17 bits per heavy atom. The first-order valence-corrected chi connectivity index (χ1v) is 14.2. The zero-order chi connectivity index (χ0) is 25.9. The third-order valence-electron chi connectivity index (χ3n) is 5.61. The zero-order valence-electron chi connectivity index (χ0n) is 20.5. The molecule has 2 aromatic rings. The van der Waals surface area contributed by atoms with Crippen molar-refractivity contribution in [3.05, 3.63) is 41.4 Å². The molecule has 0 bridgehead atoms. The zero-order valence-corrected chi connectivity index (χ0v) is 22.1. The van der Waals surface area contributed by atoms with Crippen molar-refractivity contribution in [3.8, 4) is 0 Å². The van der Waals surface area contributed by atoms with Gasteiger partial charge in [-0.25, -0.2) is 18.2 Å². The second kappa shape index (κ2) is 10.6. The first-order chi connectivity index (χ1) is 17.0. The first-order valence-electron chi connectivity index (χ1n) is 11.8. The van der Waals surface area contributed by atoms with Crippen molar-refractivity contribution in [3.63, 3.8) is 0 Å². The van der Waals surface area contributed by atoms with Crippen molar-refractivity contribution < 1.29 is 27.6 Å². The molecule has 1 aliphatic carbocycles. The molecule has 1 atom stereocenters. The van der Waals surface area contributed by atoms with Crippen molar-refractivity contribution in [1.29, 1.82) is 0 Å². The predicted molar refractivity (Wildman–Crippen MR) is 136 cm³/mol. The molecule has 1 aromatic heterocycles. The number of hydrogen-bond acceptors (Lipinski definition) is 9. The molecule has 0 spiro atoms. The van der Waals surface area contributed by atoms with Crippen LogP contribution in [0.2, 0.25) is 0 Å². The van der Waals surface area contributed by atoms with E-state index in [9.17, 15) is 18.0 Å². The Hall–Kier alpha value is -2.99. The van der Waals surface area contributed by atoms with E-state index in [1.165, 1.54) is 23.5 Å². The van der Waals surface area contributed by atoms with Crippen LogP contribution < -0.4 is 5.32 Å². The van der Waals surface area contributed by atoms with Gasteiger partial charge in [0, 0.05) is 23.7 Å². The Morgan fingerprint density at radius 2 is 1.89 bits per heavy atom. The highest BCUT2D eigenvalue weighted by molar-refractivity contribution is 7.92. The summed E-state index contributed by atoms with van der Waals surface area (Å²) in [5.41, 5.74) is -0.225. The molecule has 1 N–H and O–H groups in total. The summed E-state index contributed by atoms with van der Waals surface area (Å²) >= 11 is 1.26. The van der Waals surface area contributed by atoms with E-state index < -0.39 is 33.5 Å². The maximum atomic E-state index is 13.1. The van der Waals surface area contributed by atoms with Crippen LogP contribution in [-0.4, -0.2) is 66.1 Å². The van der Waals surface area contributed by atoms with Crippen LogP contribution in [-0.2, 0) is 24.2 Å². The van der Waals surface area contributed by atoms with E-state index in [1.54, 1.807) is 28.6 Å². The maximum Gasteiger partial charge on any atom is 0.410 e. The molecule has 10 nitrogen and oxygen atoms in total. The molecule has 2 aliphatic rings. The Kier molecular flexibility index (Phi) is 7.65. The molecule has 0 unspecified atom stereocenters. The van der Waals surface area contributed by atoms with Gasteiger partial charge in [0.05, 0.1) is 16.7 Å². The second-order valence-electron chi connectivity index (χ2n) is 9.80. The van der Waals surface area contributed by atoms with Gasteiger partial charge in [-0.15, -0.1) is 11.3 Å². The maximum absolute atomic E-state index is 13.1. The van der Waals surface area contributed by atoms with Crippen molar-refractivity contribution in [2.75, 3.05) is 18.4 Å². The van der Waals surface area contributed by atoms with Crippen molar-refractivity contribution in [1.82, 2.24) is 9.88 Å². The highest BCUT2D eigenvalue weighted by Gasteiger charge is 2.37. The number of thiazole rings is 1. The lowest BCUT2D eigenvalue weighted by molar-refractivity contribution is -0.110. The molecule has 194 valence electrons. The Morgan fingerprint density at radius 3 is 2.50 bits per heavy atom. The Balaban J connectivity index is 1.52. The van der Waals surface area contributed by atoms with E-state index in [-0.39, 0.29) is 22.4 Å². The second-order valence-corrected chi connectivity index (χ2v) is 12.9. The number of ether oxygens (including phenoxy) is 1. The van der Waals surface area contributed by atoms with Gasteiger partial charge in [-0.05, 0) is 58.6 Å². The minimum Gasteiger partial charge on any atom is -0.444 e. The number of piperidine rings is 1. The van der Waals surface area contributed by atoms with Gasteiger partial charge < -0.3 is 14.5 Å². The normalized spacial score (nSPS) is 19.0. The number of nitrogens with zero attached hydrogens (tertiary/aromatic N) is 3. The van der Waals surface area contributed by atoms with Crippen LogP contribution in [0.15, 0.2) is 45.9 Å². The standard InChI is InChI=1S/C24H30N4O6S2/c1-24(2,3)33-23(30)28-13-4-5-17(15-28)34-27-20(21(29)26-22-25-12-14-35-22)16-6-8-18(9-7-16)36(31,32)19-10-11-19/h6-9,12,14,17,19H,4-5,10-11,13,15H2,1-3H3,(H,25,26,29)/b27-20+/t17-/m1/s1. The van der Waals surface area contributed by atoms with Gasteiger partial charge in [-0.2, -0.15) is 0 Å². The summed E-state index contributed by atoms with van der Waals surface area (Å²) in [6.07, 6.45) is 3.41. The van der Waals surface area contributed by atoms with E-state index in [4.69, 9.17) is 9.57 Å². The van der Waals surface area contributed by atoms with Gasteiger partial charge in [0.2, 0.25) is 0 Å². The summed E-state index contributed by atoms with van der Waals surface area (Å²) in [4.78, 5) is 37.1. The molecular formula is C24H30N4O6S2. The number of benzene rings is 1. The van der Waals surface area contributed by atoms with Crippen LogP contribution in [0.5, 0.6) is 0 Å². The fourth-order valence-corrected chi connectivity index (χ4v) is 5.86. The van der Waals surface area contributed by atoms with Gasteiger partial charge >= 0.3 is 6.09 Å². The monoisotopic (exact) mass is 534 g/mol. The van der Waals surface area contributed by atoms with Gasteiger partial charge in [-0.3, -0.25) is 10.1 Å². The fraction of sp³-hybridized carbons (Fsp3) is 0.500. The molecule has 2 fully saturated rings. The molecule has 1 aromatic carbocycles. The number of carbonyl (C=O) groups excluding carboxylic acids is 2. The fourth-order valence-electron chi connectivity index (χ4n) is 3.68. The summed E-state index contributed by atoms with van der Waals surface area (Å²) in [6, 6.07) is 6.07. The topological polar surface area (TPSA) is 127 Å². The number of likely N-dealkylation sites (tertiary alicyclic amines) is 1. The lowest BCUT2D eigenvalue weighted by Crippen LogP contribution is -2.45. The highest BCUT2D eigenvalue weighted by Crippen LogP contribution is 2.33. The minimum atomic E-state index is -3.36. The van der Waals surface area contributed by atoms with Crippen molar-refractivity contribution >= 4 is 44.0 Å². The van der Waals surface area contributed by atoms with E-state index >= 15 is 0 Å². The molecule has 2 amide bonds. The van der Waals surface area contributed by atoms with E-state index in [0.29, 0.717) is 42.9 Å². The Bertz CT molecular complexity index is 1220. The van der Waals surface area contributed by atoms with Crippen LogP contribution >= 0.6 is 11.3 Å². The lowest BCUT2D eigenvalue weighted by Gasteiger charge is -2.33. The summed E-state index contributed by atoms with van der Waals surface area (Å²) < 4.78 is 30.5. The highest BCUT2D eigenvalue weighted by atomic mass is 32.2. The molecule has 12 heteroatoms. The minimum absolute atomic E-state index is 0.0186. The molecule has 1 saturated heterocycles. The SMILES string of the molecule is CC(C)(C)OC(=O)N1CCC[C@@H](O/N=C(/C(=O)Nc2nccs2)c2ccc(S(=O)(=O)C3CC3)cc2)C1. The van der Waals surface area contributed by atoms with Gasteiger partial charge in [0.25, 0.3) is 5.91 Å². The molecule has 36 heavy (non-hydrogen) atoms. The molecular weight excluding hydrogens is 504 g/mol. The average molecular weight is 535 g/mol. The van der Waals surface area contributed by atoms with Gasteiger partial charge in [-0.1, -0.05) is 17.3 Å². The summed E-state index contributed by atoms with van der Waals surface area (Å²) in [6.45, 7) is 6.25. The van der Waals surface area contributed by atoms with Crippen LogP contribution in [0.1, 0.15) is 52.0 Å². The van der Waals surface area contributed by atoms with Crippen LogP contribution in [0.4, 0.5) is 9.93 Å². The van der Waals surface area contributed by atoms with Crippen molar-refractivity contribution in [2.45, 2.75) is 68.3 Å². The van der Waals surface area contributed by atoms with Gasteiger partial charge in [0.1, 0.15) is 11.7 Å². The number of hydrogen-bond donors (Lipinski definition) is 1. The lowest BCUT2D eigenvalue weighted by atomic mass is 10.1. The summed E-state index contributed by atoms with van der Waals surface area (Å²) in [5, 5.41) is 8.65. The largest absolute Gasteiger partial charge is 0.444 e. The number of oxime groups is 1.